The standard InChI is InChI=1S/C19H22F2N4OS/c1-10-4-3-5-11(2)25(10)9-12-8-13-17(22)23-18(24-19(13)27-12)15-7-6-14(26-15)16(20)21/h6-8,10-11,16H,3-5,9H2,1-2H3,(H2,22,23,24). The Hall–Kier alpha value is -2.06. The summed E-state index contributed by atoms with van der Waals surface area (Å²) >= 11 is 1.57. The molecule has 0 spiro atoms. The van der Waals surface area contributed by atoms with Gasteiger partial charge in [0.1, 0.15) is 10.6 Å². The summed E-state index contributed by atoms with van der Waals surface area (Å²) < 4.78 is 30.7. The summed E-state index contributed by atoms with van der Waals surface area (Å²) in [5, 5.41) is 0.803. The largest absolute Gasteiger partial charge is 0.452 e. The highest BCUT2D eigenvalue weighted by molar-refractivity contribution is 7.18. The Kier molecular flexibility index (Phi) is 4.86. The minimum atomic E-state index is -2.67. The van der Waals surface area contributed by atoms with E-state index >= 15 is 0 Å². The molecule has 2 atom stereocenters. The van der Waals surface area contributed by atoms with Gasteiger partial charge in [-0.05, 0) is 44.9 Å². The second-order valence-corrected chi connectivity index (χ2v) is 8.28. The number of hydrogen-bond donors (Lipinski definition) is 1. The van der Waals surface area contributed by atoms with Crippen LogP contribution in [0, 0.1) is 0 Å². The van der Waals surface area contributed by atoms with Crippen LogP contribution >= 0.6 is 11.3 Å². The van der Waals surface area contributed by atoms with E-state index in [-0.39, 0.29) is 11.6 Å². The van der Waals surface area contributed by atoms with Crippen LogP contribution in [-0.4, -0.2) is 27.0 Å². The van der Waals surface area contributed by atoms with Crippen molar-refractivity contribution in [2.75, 3.05) is 5.73 Å². The molecule has 5 nitrogen and oxygen atoms in total. The third-order valence-corrected chi connectivity index (χ3v) is 6.26. The number of nitrogens with zero attached hydrogens (tertiary/aromatic N) is 3. The molecule has 0 saturated carbocycles. The van der Waals surface area contributed by atoms with E-state index in [9.17, 15) is 8.78 Å². The quantitative estimate of drug-likeness (QED) is 0.658. The van der Waals surface area contributed by atoms with Crippen LogP contribution < -0.4 is 5.73 Å². The third-order valence-electron chi connectivity index (χ3n) is 5.25. The Balaban J connectivity index is 1.65. The summed E-state index contributed by atoms with van der Waals surface area (Å²) in [6.45, 7) is 5.40. The molecule has 8 heteroatoms. The lowest BCUT2D eigenvalue weighted by Crippen LogP contribution is -2.42. The van der Waals surface area contributed by atoms with Gasteiger partial charge in [-0.1, -0.05) is 6.42 Å². The van der Waals surface area contributed by atoms with E-state index in [1.54, 1.807) is 11.3 Å². The molecule has 144 valence electrons. The first-order valence-electron chi connectivity index (χ1n) is 9.12. The van der Waals surface area contributed by atoms with E-state index in [1.807, 2.05) is 6.07 Å². The van der Waals surface area contributed by atoms with E-state index in [0.29, 0.717) is 17.9 Å². The summed E-state index contributed by atoms with van der Waals surface area (Å²) in [6.07, 6.45) is 1.04. The number of aromatic nitrogens is 2. The molecular formula is C19H22F2N4OS. The molecule has 0 amide bonds. The monoisotopic (exact) mass is 392 g/mol. The van der Waals surface area contributed by atoms with E-state index in [4.69, 9.17) is 10.2 Å². The van der Waals surface area contributed by atoms with Gasteiger partial charge in [0.25, 0.3) is 6.43 Å². The Morgan fingerprint density at radius 3 is 2.67 bits per heavy atom. The summed E-state index contributed by atoms with van der Waals surface area (Å²) in [7, 11) is 0. The van der Waals surface area contributed by atoms with Crippen LogP contribution in [0.3, 0.4) is 0 Å². The van der Waals surface area contributed by atoms with Gasteiger partial charge in [0, 0.05) is 23.5 Å². The number of hydrogen-bond acceptors (Lipinski definition) is 6. The number of thiophene rings is 1. The van der Waals surface area contributed by atoms with Crippen molar-refractivity contribution in [3.63, 3.8) is 0 Å². The highest BCUT2D eigenvalue weighted by atomic mass is 32.1. The summed E-state index contributed by atoms with van der Waals surface area (Å²) in [5.74, 6) is 0.381. The van der Waals surface area contributed by atoms with Crippen molar-refractivity contribution in [1.29, 1.82) is 0 Å². The highest BCUT2D eigenvalue weighted by Gasteiger charge is 2.25. The molecule has 4 rings (SSSR count). The van der Waals surface area contributed by atoms with Gasteiger partial charge < -0.3 is 10.2 Å². The normalized spacial score (nSPS) is 21.4. The first-order chi connectivity index (χ1) is 12.9. The van der Waals surface area contributed by atoms with Crippen molar-refractivity contribution in [2.24, 2.45) is 0 Å². The van der Waals surface area contributed by atoms with E-state index < -0.39 is 12.2 Å². The third kappa shape index (κ3) is 3.55. The second kappa shape index (κ2) is 7.16. The van der Waals surface area contributed by atoms with Gasteiger partial charge in [0.05, 0.1) is 5.39 Å². The number of fused-ring (bicyclic) bond motifs is 1. The molecule has 27 heavy (non-hydrogen) atoms. The van der Waals surface area contributed by atoms with E-state index in [1.165, 1.54) is 36.3 Å². The molecule has 1 fully saturated rings. The summed E-state index contributed by atoms with van der Waals surface area (Å²) in [4.78, 5) is 13.2. The van der Waals surface area contributed by atoms with Crippen LogP contribution in [0.15, 0.2) is 22.6 Å². The number of likely N-dealkylation sites (tertiary alicyclic amines) is 1. The SMILES string of the molecule is CC1CCCC(C)N1Cc1cc2c(N)nc(-c3ccc(C(F)F)o3)nc2s1. The van der Waals surface area contributed by atoms with Gasteiger partial charge in [-0.15, -0.1) is 11.3 Å². The number of nitrogen functional groups attached to an aromatic ring is 1. The van der Waals surface area contributed by atoms with Crippen molar-refractivity contribution in [3.05, 3.63) is 28.8 Å². The molecule has 0 radical (unpaired) electrons. The molecule has 2 N–H and O–H groups in total. The number of anilines is 1. The van der Waals surface area contributed by atoms with Crippen LogP contribution in [0.5, 0.6) is 0 Å². The van der Waals surface area contributed by atoms with E-state index in [2.05, 4.69) is 28.7 Å². The Morgan fingerprint density at radius 2 is 2.00 bits per heavy atom. The number of nitrogens with two attached hydrogens (primary N) is 1. The van der Waals surface area contributed by atoms with E-state index in [0.717, 1.165) is 16.8 Å². The number of rotatable bonds is 4. The Morgan fingerprint density at radius 1 is 1.26 bits per heavy atom. The lowest BCUT2D eigenvalue weighted by atomic mass is 9.97. The Bertz CT molecular complexity index is 944. The fourth-order valence-corrected chi connectivity index (χ4v) is 4.78. The van der Waals surface area contributed by atoms with Crippen molar-refractivity contribution >= 4 is 27.4 Å². The average molecular weight is 392 g/mol. The molecule has 0 bridgehead atoms. The Labute approximate surface area is 160 Å². The summed E-state index contributed by atoms with van der Waals surface area (Å²) in [6, 6.07) is 5.83. The first kappa shape index (κ1) is 18.3. The maximum absolute atomic E-state index is 12.8. The van der Waals surface area contributed by atoms with Crippen LogP contribution in [0.4, 0.5) is 14.6 Å². The lowest BCUT2D eigenvalue weighted by Gasteiger charge is -2.38. The summed E-state index contributed by atoms with van der Waals surface area (Å²) in [5.41, 5.74) is 6.11. The number of piperidine rings is 1. The van der Waals surface area contributed by atoms with Gasteiger partial charge in [0.2, 0.25) is 0 Å². The predicted molar refractivity (Wildman–Crippen MR) is 103 cm³/mol. The highest BCUT2D eigenvalue weighted by Crippen LogP contribution is 2.34. The van der Waals surface area contributed by atoms with Crippen molar-refractivity contribution < 1.29 is 13.2 Å². The zero-order valence-corrected chi connectivity index (χ0v) is 16.1. The first-order valence-corrected chi connectivity index (χ1v) is 9.94. The fourth-order valence-electron chi connectivity index (χ4n) is 3.74. The molecule has 3 aromatic rings. The molecule has 0 aromatic carbocycles. The van der Waals surface area contributed by atoms with Crippen molar-refractivity contribution in [2.45, 2.75) is 58.2 Å². The van der Waals surface area contributed by atoms with Gasteiger partial charge in [-0.25, -0.2) is 18.7 Å². The average Bonchev–Trinajstić information content (AvgIpc) is 3.25. The van der Waals surface area contributed by atoms with Crippen LogP contribution in [0.1, 0.15) is 50.2 Å². The van der Waals surface area contributed by atoms with Crippen LogP contribution in [0.2, 0.25) is 0 Å². The van der Waals surface area contributed by atoms with Crippen LogP contribution in [0.25, 0.3) is 21.8 Å². The lowest BCUT2D eigenvalue weighted by molar-refractivity contribution is 0.0965. The van der Waals surface area contributed by atoms with Crippen LogP contribution in [-0.2, 0) is 6.54 Å². The smallest absolute Gasteiger partial charge is 0.295 e. The molecule has 2 unspecified atom stereocenters. The number of furan rings is 1. The van der Waals surface area contributed by atoms with Crippen molar-refractivity contribution in [3.8, 4) is 11.6 Å². The minimum absolute atomic E-state index is 0.201. The molecule has 3 aromatic heterocycles. The zero-order chi connectivity index (χ0) is 19.1. The van der Waals surface area contributed by atoms with Gasteiger partial charge in [0.15, 0.2) is 17.3 Å². The van der Waals surface area contributed by atoms with Crippen molar-refractivity contribution in [1.82, 2.24) is 14.9 Å². The maximum Gasteiger partial charge on any atom is 0.295 e. The van der Waals surface area contributed by atoms with Gasteiger partial charge >= 0.3 is 0 Å². The molecule has 1 aliphatic heterocycles. The molecule has 1 saturated heterocycles. The fraction of sp³-hybridized carbons (Fsp3) is 0.474. The molecular weight excluding hydrogens is 370 g/mol. The van der Waals surface area contributed by atoms with Gasteiger partial charge in [-0.2, -0.15) is 0 Å². The topological polar surface area (TPSA) is 68.2 Å². The number of halogens is 2. The van der Waals surface area contributed by atoms with Gasteiger partial charge in [-0.3, -0.25) is 4.90 Å². The zero-order valence-electron chi connectivity index (χ0n) is 15.3. The molecule has 0 aliphatic carbocycles. The predicted octanol–water partition coefficient (Wildman–Crippen LogP) is 5.23. The molecule has 4 heterocycles. The minimum Gasteiger partial charge on any atom is -0.452 e. The maximum atomic E-state index is 12.8. The second-order valence-electron chi connectivity index (χ2n) is 7.17. The number of alkyl halides is 2. The molecule has 1 aliphatic rings.